The van der Waals surface area contributed by atoms with Crippen molar-refractivity contribution in [1.82, 2.24) is 4.57 Å². The summed E-state index contributed by atoms with van der Waals surface area (Å²) < 4.78 is 39.8. The molecule has 2 rings (SSSR count). The van der Waals surface area contributed by atoms with Crippen LogP contribution < -0.4 is 0 Å². The molecule has 0 fully saturated rings. The smallest absolute Gasteiger partial charge is 0.432 e. The van der Waals surface area contributed by atoms with Crippen molar-refractivity contribution < 1.29 is 23.1 Å². The summed E-state index contributed by atoms with van der Waals surface area (Å²) in [4.78, 5) is 10.8. The number of rotatable bonds is 4. The minimum Gasteiger partial charge on any atom is -0.478 e. The Balaban J connectivity index is 2.26. The quantitative estimate of drug-likeness (QED) is 0.933. The van der Waals surface area contributed by atoms with Crippen LogP contribution in [0, 0.1) is 0 Å². The van der Waals surface area contributed by atoms with Crippen LogP contribution in [-0.4, -0.2) is 15.6 Å². The van der Waals surface area contributed by atoms with Crippen molar-refractivity contribution >= 4 is 5.97 Å². The van der Waals surface area contributed by atoms with Gasteiger partial charge in [-0.2, -0.15) is 13.2 Å². The van der Waals surface area contributed by atoms with Crippen LogP contribution in [0.3, 0.4) is 0 Å². The Morgan fingerprint density at radius 1 is 1.15 bits per heavy atom. The van der Waals surface area contributed by atoms with Gasteiger partial charge in [0.15, 0.2) is 0 Å². The zero-order valence-corrected chi connectivity index (χ0v) is 10.4. The number of carboxylic acid groups (broad SMARTS) is 1. The monoisotopic (exact) mass is 283 g/mol. The first-order chi connectivity index (χ1) is 9.39. The standard InChI is InChI=1S/C14H12F3NO2/c15-14(16,17)12-11(13(19)20)7-9-18(12)8-6-10-4-2-1-3-5-10/h1-5,7,9H,6,8H2,(H,19,20). The van der Waals surface area contributed by atoms with Crippen molar-refractivity contribution in [2.24, 2.45) is 0 Å². The maximum atomic E-state index is 12.9. The van der Waals surface area contributed by atoms with Gasteiger partial charge in [-0.05, 0) is 18.1 Å². The molecule has 0 amide bonds. The summed E-state index contributed by atoms with van der Waals surface area (Å²) in [6, 6.07) is 10.0. The van der Waals surface area contributed by atoms with Crippen LogP contribution in [0.25, 0.3) is 0 Å². The highest BCUT2D eigenvalue weighted by Gasteiger charge is 2.38. The van der Waals surface area contributed by atoms with Gasteiger partial charge in [0, 0.05) is 12.7 Å². The minimum atomic E-state index is -4.69. The summed E-state index contributed by atoms with van der Waals surface area (Å²) >= 11 is 0. The molecule has 0 aliphatic carbocycles. The summed E-state index contributed by atoms with van der Waals surface area (Å²) in [5.74, 6) is -1.57. The predicted octanol–water partition coefficient (Wildman–Crippen LogP) is 3.45. The topological polar surface area (TPSA) is 42.2 Å². The van der Waals surface area contributed by atoms with Gasteiger partial charge < -0.3 is 9.67 Å². The largest absolute Gasteiger partial charge is 0.478 e. The highest BCUT2D eigenvalue weighted by Crippen LogP contribution is 2.33. The van der Waals surface area contributed by atoms with Crippen molar-refractivity contribution in [3.8, 4) is 0 Å². The van der Waals surface area contributed by atoms with Crippen molar-refractivity contribution in [3.63, 3.8) is 0 Å². The predicted molar refractivity (Wildman–Crippen MR) is 66.5 cm³/mol. The van der Waals surface area contributed by atoms with Gasteiger partial charge in [-0.3, -0.25) is 0 Å². The maximum Gasteiger partial charge on any atom is 0.432 e. The van der Waals surface area contributed by atoms with Crippen LogP contribution in [0.1, 0.15) is 21.6 Å². The third-order valence-electron chi connectivity index (χ3n) is 2.95. The lowest BCUT2D eigenvalue weighted by atomic mass is 10.1. The summed E-state index contributed by atoms with van der Waals surface area (Å²) in [6.07, 6.45) is -3.12. The molecule has 0 saturated heterocycles. The number of hydrogen-bond donors (Lipinski definition) is 1. The average Bonchev–Trinajstić information content (AvgIpc) is 2.81. The SMILES string of the molecule is O=C(O)c1ccn(CCc2ccccc2)c1C(F)(F)F. The zero-order chi connectivity index (χ0) is 14.8. The molecule has 0 bridgehead atoms. The molecule has 0 radical (unpaired) electrons. The molecule has 0 spiro atoms. The lowest BCUT2D eigenvalue weighted by Crippen LogP contribution is -2.18. The maximum absolute atomic E-state index is 12.9. The fourth-order valence-electron chi connectivity index (χ4n) is 2.04. The van der Waals surface area contributed by atoms with Crippen LogP contribution in [0.15, 0.2) is 42.6 Å². The second kappa shape index (κ2) is 5.40. The number of aryl methyl sites for hydroxylation is 2. The minimum absolute atomic E-state index is 0.0755. The Kier molecular flexibility index (Phi) is 3.83. The van der Waals surface area contributed by atoms with E-state index in [9.17, 15) is 18.0 Å². The highest BCUT2D eigenvalue weighted by molar-refractivity contribution is 5.89. The summed E-state index contributed by atoms with van der Waals surface area (Å²) in [6.45, 7) is 0.0755. The van der Waals surface area contributed by atoms with Crippen molar-refractivity contribution in [2.75, 3.05) is 0 Å². The molecule has 1 heterocycles. The van der Waals surface area contributed by atoms with E-state index in [1.807, 2.05) is 18.2 Å². The Hall–Kier alpha value is -2.24. The number of carboxylic acids is 1. The molecular formula is C14H12F3NO2. The van der Waals surface area contributed by atoms with Crippen LogP contribution in [0.4, 0.5) is 13.2 Å². The lowest BCUT2D eigenvalue weighted by molar-refractivity contribution is -0.144. The lowest BCUT2D eigenvalue weighted by Gasteiger charge is -2.13. The van der Waals surface area contributed by atoms with E-state index in [4.69, 9.17) is 5.11 Å². The number of alkyl halides is 3. The van der Waals surface area contributed by atoms with Gasteiger partial charge in [0.05, 0.1) is 5.56 Å². The molecule has 20 heavy (non-hydrogen) atoms. The summed E-state index contributed by atoms with van der Waals surface area (Å²) in [5.41, 5.74) is -0.933. The summed E-state index contributed by atoms with van der Waals surface area (Å²) in [5, 5.41) is 8.81. The van der Waals surface area contributed by atoms with Gasteiger partial charge in [0.1, 0.15) is 5.69 Å². The van der Waals surface area contributed by atoms with E-state index in [1.54, 1.807) is 12.1 Å². The molecular weight excluding hydrogens is 271 g/mol. The first-order valence-electron chi connectivity index (χ1n) is 5.93. The van der Waals surface area contributed by atoms with Gasteiger partial charge in [0.2, 0.25) is 0 Å². The van der Waals surface area contributed by atoms with Crippen LogP contribution in [0.2, 0.25) is 0 Å². The Morgan fingerprint density at radius 3 is 2.35 bits per heavy atom. The molecule has 3 nitrogen and oxygen atoms in total. The van der Waals surface area contributed by atoms with E-state index in [-0.39, 0.29) is 6.54 Å². The van der Waals surface area contributed by atoms with Gasteiger partial charge in [-0.1, -0.05) is 30.3 Å². The number of aromatic carboxylic acids is 1. The van der Waals surface area contributed by atoms with E-state index in [0.717, 1.165) is 22.4 Å². The number of hydrogen-bond acceptors (Lipinski definition) is 1. The molecule has 2 aromatic rings. The molecule has 6 heteroatoms. The van der Waals surface area contributed by atoms with E-state index in [1.165, 1.54) is 0 Å². The fraction of sp³-hybridized carbons (Fsp3) is 0.214. The molecule has 106 valence electrons. The van der Waals surface area contributed by atoms with Gasteiger partial charge in [-0.25, -0.2) is 4.79 Å². The fourth-order valence-corrected chi connectivity index (χ4v) is 2.04. The van der Waals surface area contributed by atoms with E-state index in [0.29, 0.717) is 6.42 Å². The van der Waals surface area contributed by atoms with Crippen LogP contribution in [0.5, 0.6) is 0 Å². The van der Waals surface area contributed by atoms with Gasteiger partial charge in [-0.15, -0.1) is 0 Å². The first-order valence-corrected chi connectivity index (χ1v) is 5.93. The second-order valence-corrected chi connectivity index (χ2v) is 4.31. The second-order valence-electron chi connectivity index (χ2n) is 4.31. The molecule has 0 atom stereocenters. The first kappa shape index (κ1) is 14.2. The Labute approximate surface area is 113 Å². The average molecular weight is 283 g/mol. The molecule has 1 aromatic carbocycles. The van der Waals surface area contributed by atoms with Crippen LogP contribution in [-0.2, 0) is 19.1 Å². The zero-order valence-electron chi connectivity index (χ0n) is 10.4. The third-order valence-corrected chi connectivity index (χ3v) is 2.95. The molecule has 1 aromatic heterocycles. The molecule has 0 saturated carbocycles. The third kappa shape index (κ3) is 3.01. The Bertz CT molecular complexity index is 603. The van der Waals surface area contributed by atoms with Gasteiger partial charge in [0.25, 0.3) is 0 Å². The van der Waals surface area contributed by atoms with Crippen LogP contribution >= 0.6 is 0 Å². The summed E-state index contributed by atoms with van der Waals surface area (Å²) in [7, 11) is 0. The Morgan fingerprint density at radius 2 is 1.80 bits per heavy atom. The van der Waals surface area contributed by atoms with E-state index in [2.05, 4.69) is 0 Å². The number of benzene rings is 1. The molecule has 0 unspecified atom stereocenters. The normalized spacial score (nSPS) is 11.6. The number of nitrogens with zero attached hydrogens (tertiary/aromatic N) is 1. The molecule has 0 aliphatic heterocycles. The molecule has 0 aliphatic rings. The van der Waals surface area contributed by atoms with E-state index < -0.39 is 23.4 Å². The van der Waals surface area contributed by atoms with Crippen molar-refractivity contribution in [3.05, 3.63) is 59.4 Å². The highest BCUT2D eigenvalue weighted by atomic mass is 19.4. The van der Waals surface area contributed by atoms with E-state index >= 15 is 0 Å². The van der Waals surface area contributed by atoms with Gasteiger partial charge >= 0.3 is 12.1 Å². The number of aromatic nitrogens is 1. The molecule has 1 N–H and O–H groups in total. The van der Waals surface area contributed by atoms with Crippen molar-refractivity contribution in [2.45, 2.75) is 19.1 Å². The number of carbonyl (C=O) groups is 1. The number of halogens is 3. The van der Waals surface area contributed by atoms with Crippen molar-refractivity contribution in [1.29, 1.82) is 0 Å².